The number of carbonyl (C=O) groups excluding carboxylic acids is 1. The van der Waals surface area contributed by atoms with E-state index in [9.17, 15) is 9.18 Å². The summed E-state index contributed by atoms with van der Waals surface area (Å²) in [5.74, 6) is 0.329. The summed E-state index contributed by atoms with van der Waals surface area (Å²) in [6, 6.07) is 6.68. The number of nitrogens with zero attached hydrogens (tertiary/aromatic N) is 1. The second-order valence-electron chi connectivity index (χ2n) is 5.87. The van der Waals surface area contributed by atoms with E-state index in [1.807, 2.05) is 11.0 Å². The number of hydrogen-bond acceptors (Lipinski definition) is 2. The van der Waals surface area contributed by atoms with E-state index in [0.717, 1.165) is 25.8 Å². The van der Waals surface area contributed by atoms with Crippen LogP contribution in [0.3, 0.4) is 0 Å². The first-order chi connectivity index (χ1) is 10.1. The molecule has 1 aliphatic rings. The van der Waals surface area contributed by atoms with E-state index < -0.39 is 0 Å². The number of likely N-dealkylation sites (tertiary alicyclic amines) is 1. The Labute approximate surface area is 126 Å². The van der Waals surface area contributed by atoms with Crippen LogP contribution in [0, 0.1) is 11.7 Å². The van der Waals surface area contributed by atoms with E-state index in [1.54, 1.807) is 19.2 Å². The molecule has 0 unspecified atom stereocenters. The molecule has 3 nitrogen and oxygen atoms in total. The van der Waals surface area contributed by atoms with Crippen molar-refractivity contribution < 1.29 is 13.9 Å². The van der Waals surface area contributed by atoms with Crippen LogP contribution in [0.25, 0.3) is 0 Å². The lowest BCUT2D eigenvalue weighted by molar-refractivity contribution is -0.132. The van der Waals surface area contributed by atoms with Crippen LogP contribution in [0.4, 0.5) is 4.39 Å². The minimum absolute atomic E-state index is 0.115. The van der Waals surface area contributed by atoms with Gasteiger partial charge in [0.05, 0.1) is 6.04 Å². The van der Waals surface area contributed by atoms with Crippen molar-refractivity contribution >= 4 is 5.91 Å². The monoisotopic (exact) mass is 293 g/mol. The zero-order valence-corrected chi connectivity index (χ0v) is 12.8. The molecule has 1 amide bonds. The van der Waals surface area contributed by atoms with Crippen LogP contribution in [0.15, 0.2) is 24.3 Å². The molecule has 0 N–H and O–H groups in total. The minimum atomic E-state index is -0.214. The maximum absolute atomic E-state index is 14.0. The first-order valence-corrected chi connectivity index (χ1v) is 7.66. The predicted octanol–water partition coefficient (Wildman–Crippen LogP) is 3.55. The second-order valence-corrected chi connectivity index (χ2v) is 5.87. The summed E-state index contributed by atoms with van der Waals surface area (Å²) >= 11 is 0. The van der Waals surface area contributed by atoms with E-state index >= 15 is 0 Å². The molecule has 1 aliphatic heterocycles. The van der Waals surface area contributed by atoms with Crippen LogP contribution in [0.1, 0.15) is 44.2 Å². The number of halogens is 1. The van der Waals surface area contributed by atoms with Crippen molar-refractivity contribution in [2.45, 2.75) is 38.6 Å². The molecule has 0 aliphatic carbocycles. The fourth-order valence-electron chi connectivity index (χ4n) is 3.03. The quantitative estimate of drug-likeness (QED) is 0.751. The Morgan fingerprint density at radius 2 is 2.14 bits per heavy atom. The SMILES string of the molecule is COCCCCC(=O)N1C[C@@H](C)C[C@H]1c1ccccc1F. The van der Waals surface area contributed by atoms with Crippen LogP contribution < -0.4 is 0 Å². The molecule has 1 saturated heterocycles. The molecule has 2 rings (SSSR count). The first kappa shape index (κ1) is 16.0. The standard InChI is InChI=1S/C17H24FNO2/c1-13-11-16(14-7-3-4-8-15(14)18)19(12-13)17(20)9-5-6-10-21-2/h3-4,7-8,13,16H,5-6,9-12H2,1-2H3/t13-,16-/m0/s1. The van der Waals surface area contributed by atoms with Crippen LogP contribution >= 0.6 is 0 Å². The number of ether oxygens (including phenoxy) is 1. The zero-order valence-electron chi connectivity index (χ0n) is 12.8. The maximum Gasteiger partial charge on any atom is 0.223 e. The average molecular weight is 293 g/mol. The fraction of sp³-hybridized carbons (Fsp3) is 0.588. The highest BCUT2D eigenvalue weighted by molar-refractivity contribution is 5.77. The lowest BCUT2D eigenvalue weighted by atomic mass is 10.0. The molecule has 116 valence electrons. The maximum atomic E-state index is 14.0. The molecule has 2 atom stereocenters. The Morgan fingerprint density at radius 3 is 2.86 bits per heavy atom. The third kappa shape index (κ3) is 4.03. The number of rotatable bonds is 6. The van der Waals surface area contributed by atoms with Gasteiger partial charge < -0.3 is 9.64 Å². The summed E-state index contributed by atoms with van der Waals surface area (Å²) in [6.45, 7) is 3.52. The third-order valence-corrected chi connectivity index (χ3v) is 4.08. The van der Waals surface area contributed by atoms with Crippen molar-refractivity contribution in [3.8, 4) is 0 Å². The molecule has 4 heteroatoms. The van der Waals surface area contributed by atoms with Gasteiger partial charge in [-0.15, -0.1) is 0 Å². The van der Waals surface area contributed by atoms with E-state index in [0.29, 0.717) is 24.5 Å². The molecule has 21 heavy (non-hydrogen) atoms. The zero-order chi connectivity index (χ0) is 15.2. The molecule has 0 radical (unpaired) electrons. The second kappa shape index (κ2) is 7.55. The van der Waals surface area contributed by atoms with Gasteiger partial charge in [0.1, 0.15) is 5.82 Å². The summed E-state index contributed by atoms with van der Waals surface area (Å²) in [6.07, 6.45) is 3.06. The highest BCUT2D eigenvalue weighted by Crippen LogP contribution is 2.36. The molecule has 0 spiro atoms. The largest absolute Gasteiger partial charge is 0.385 e. The molecule has 0 saturated carbocycles. The number of methoxy groups -OCH3 is 1. The van der Waals surface area contributed by atoms with Crippen LogP contribution in [0.2, 0.25) is 0 Å². The van der Waals surface area contributed by atoms with Gasteiger partial charge >= 0.3 is 0 Å². The van der Waals surface area contributed by atoms with Crippen LogP contribution in [-0.2, 0) is 9.53 Å². The summed E-state index contributed by atoms with van der Waals surface area (Å²) in [5, 5.41) is 0. The molecular formula is C17H24FNO2. The van der Waals surface area contributed by atoms with Crippen molar-refractivity contribution in [1.29, 1.82) is 0 Å². The topological polar surface area (TPSA) is 29.5 Å². The Hall–Kier alpha value is -1.42. The lowest BCUT2D eigenvalue weighted by Gasteiger charge is -2.25. The number of unbranched alkanes of at least 4 members (excludes halogenated alkanes) is 1. The summed E-state index contributed by atoms with van der Waals surface area (Å²) in [5.41, 5.74) is 0.645. The highest BCUT2D eigenvalue weighted by Gasteiger charge is 2.34. The smallest absolute Gasteiger partial charge is 0.223 e. The molecule has 0 bridgehead atoms. The van der Waals surface area contributed by atoms with E-state index in [1.165, 1.54) is 6.07 Å². The average Bonchev–Trinajstić information content (AvgIpc) is 2.86. The van der Waals surface area contributed by atoms with Gasteiger partial charge in [0, 0.05) is 32.2 Å². The van der Waals surface area contributed by atoms with Crippen molar-refractivity contribution in [3.63, 3.8) is 0 Å². The van der Waals surface area contributed by atoms with Gasteiger partial charge in [0.15, 0.2) is 0 Å². The number of hydrogen-bond donors (Lipinski definition) is 0. The number of carbonyl (C=O) groups is 1. The summed E-state index contributed by atoms with van der Waals surface area (Å²) in [7, 11) is 1.66. The number of amides is 1. The van der Waals surface area contributed by atoms with Crippen molar-refractivity contribution in [2.24, 2.45) is 5.92 Å². The molecule has 1 aromatic carbocycles. The third-order valence-electron chi connectivity index (χ3n) is 4.08. The molecule has 1 aromatic rings. The molecule has 0 aromatic heterocycles. The highest BCUT2D eigenvalue weighted by atomic mass is 19.1. The minimum Gasteiger partial charge on any atom is -0.385 e. The van der Waals surface area contributed by atoms with Gasteiger partial charge in [-0.3, -0.25) is 4.79 Å². The van der Waals surface area contributed by atoms with Gasteiger partial charge in [-0.2, -0.15) is 0 Å². The molecular weight excluding hydrogens is 269 g/mol. The summed E-state index contributed by atoms with van der Waals surface area (Å²) < 4.78 is 19.0. The Bertz CT molecular complexity index is 478. The van der Waals surface area contributed by atoms with Crippen molar-refractivity contribution in [1.82, 2.24) is 4.90 Å². The van der Waals surface area contributed by atoms with E-state index in [-0.39, 0.29) is 17.8 Å². The van der Waals surface area contributed by atoms with Crippen LogP contribution in [0.5, 0.6) is 0 Å². The van der Waals surface area contributed by atoms with Gasteiger partial charge in [-0.05, 0) is 31.2 Å². The van der Waals surface area contributed by atoms with Gasteiger partial charge in [-0.25, -0.2) is 4.39 Å². The van der Waals surface area contributed by atoms with Gasteiger partial charge in [0.25, 0.3) is 0 Å². The fourth-order valence-corrected chi connectivity index (χ4v) is 3.03. The van der Waals surface area contributed by atoms with E-state index in [2.05, 4.69) is 6.92 Å². The predicted molar refractivity (Wildman–Crippen MR) is 80.4 cm³/mol. The van der Waals surface area contributed by atoms with Crippen LogP contribution in [-0.4, -0.2) is 31.1 Å². The normalized spacial score (nSPS) is 21.8. The number of benzene rings is 1. The lowest BCUT2D eigenvalue weighted by Crippen LogP contribution is -2.31. The van der Waals surface area contributed by atoms with Gasteiger partial charge in [-0.1, -0.05) is 25.1 Å². The van der Waals surface area contributed by atoms with Gasteiger partial charge in [0.2, 0.25) is 5.91 Å². The Kier molecular flexibility index (Phi) is 5.74. The van der Waals surface area contributed by atoms with E-state index in [4.69, 9.17) is 4.74 Å². The first-order valence-electron chi connectivity index (χ1n) is 7.66. The van der Waals surface area contributed by atoms with Crippen molar-refractivity contribution in [3.05, 3.63) is 35.6 Å². The Morgan fingerprint density at radius 1 is 1.38 bits per heavy atom. The Balaban J connectivity index is 2.03. The summed E-state index contributed by atoms with van der Waals surface area (Å²) in [4.78, 5) is 14.3. The molecule has 1 fully saturated rings. The van der Waals surface area contributed by atoms with Crippen molar-refractivity contribution in [2.75, 3.05) is 20.3 Å². The molecule has 1 heterocycles.